The van der Waals surface area contributed by atoms with Gasteiger partial charge in [-0.25, -0.2) is 0 Å². The number of rotatable bonds is 5. The lowest BCUT2D eigenvalue weighted by Gasteiger charge is -2.37. The maximum Gasteiger partial charge on any atom is 0.225 e. The maximum atomic E-state index is 10.6. The number of fused-ring (bicyclic) bond motifs is 2. The molecule has 8 heteroatoms. The highest BCUT2D eigenvalue weighted by Crippen LogP contribution is 2.46. The molecule has 0 aliphatic carbocycles. The van der Waals surface area contributed by atoms with Crippen LogP contribution in [0.15, 0.2) is 42.5 Å². The van der Waals surface area contributed by atoms with Gasteiger partial charge >= 0.3 is 0 Å². The van der Waals surface area contributed by atoms with Crippen LogP contribution in [0.1, 0.15) is 23.1 Å². The van der Waals surface area contributed by atoms with Crippen LogP contribution in [0.2, 0.25) is 5.02 Å². The lowest BCUT2D eigenvalue weighted by atomic mass is 9.94. The van der Waals surface area contributed by atoms with E-state index in [1.54, 1.807) is 12.1 Å². The summed E-state index contributed by atoms with van der Waals surface area (Å²) in [6.45, 7) is 1.32. The summed E-state index contributed by atoms with van der Waals surface area (Å²) in [6, 6.07) is 13.1. The summed E-state index contributed by atoms with van der Waals surface area (Å²) in [6.07, 6.45) is -2.91. The molecule has 3 heterocycles. The van der Waals surface area contributed by atoms with Gasteiger partial charge in [0.25, 0.3) is 0 Å². The molecule has 166 valence electrons. The van der Waals surface area contributed by atoms with Gasteiger partial charge in [0.2, 0.25) is 5.79 Å². The van der Waals surface area contributed by atoms with E-state index in [1.807, 2.05) is 30.3 Å². The van der Waals surface area contributed by atoms with Crippen molar-refractivity contribution >= 4 is 11.6 Å². The zero-order valence-electron chi connectivity index (χ0n) is 16.8. The molecule has 2 aromatic rings. The van der Waals surface area contributed by atoms with Gasteiger partial charge in [-0.05, 0) is 41.8 Å². The summed E-state index contributed by atoms with van der Waals surface area (Å²) < 4.78 is 22.7. The Bertz CT molecular complexity index is 930. The quantitative estimate of drug-likeness (QED) is 0.641. The molecule has 0 amide bonds. The van der Waals surface area contributed by atoms with Gasteiger partial charge in [-0.2, -0.15) is 0 Å². The molecular formula is C23H25ClO7. The van der Waals surface area contributed by atoms with Crippen molar-refractivity contribution in [3.8, 4) is 5.75 Å². The third-order valence-corrected chi connectivity index (χ3v) is 6.53. The number of halogens is 1. The fourth-order valence-electron chi connectivity index (χ4n) is 4.43. The highest BCUT2D eigenvalue weighted by atomic mass is 35.5. The van der Waals surface area contributed by atoms with Crippen LogP contribution in [0.4, 0.5) is 0 Å². The molecule has 3 saturated heterocycles. The van der Waals surface area contributed by atoms with E-state index in [1.165, 1.54) is 0 Å². The first-order valence-corrected chi connectivity index (χ1v) is 10.8. The van der Waals surface area contributed by atoms with Crippen molar-refractivity contribution in [1.29, 1.82) is 0 Å². The average molecular weight is 449 g/mol. The normalized spacial score (nSPS) is 34.8. The zero-order chi connectivity index (χ0) is 21.6. The average Bonchev–Trinajstić information content (AvgIpc) is 3.36. The Labute approximate surface area is 185 Å². The highest BCUT2D eigenvalue weighted by Gasteiger charge is 2.61. The van der Waals surface area contributed by atoms with Crippen LogP contribution in [-0.4, -0.2) is 65.7 Å². The van der Waals surface area contributed by atoms with Gasteiger partial charge in [0.1, 0.15) is 36.3 Å². The predicted molar refractivity (Wildman–Crippen MR) is 111 cm³/mol. The number of aliphatic hydroxyl groups is 3. The molecule has 5 rings (SSSR count). The molecule has 3 aliphatic rings. The molecule has 0 saturated carbocycles. The van der Waals surface area contributed by atoms with Gasteiger partial charge in [-0.1, -0.05) is 29.8 Å². The van der Waals surface area contributed by atoms with E-state index in [-0.39, 0.29) is 12.7 Å². The minimum atomic E-state index is -1.52. The second-order valence-corrected chi connectivity index (χ2v) is 8.70. The maximum absolute atomic E-state index is 10.6. The number of hydrogen-bond acceptors (Lipinski definition) is 7. The van der Waals surface area contributed by atoms with Crippen LogP contribution in [0, 0.1) is 0 Å². The first-order valence-electron chi connectivity index (χ1n) is 10.4. The predicted octanol–water partition coefficient (Wildman–Crippen LogP) is 1.76. The Kier molecular flexibility index (Phi) is 5.68. The van der Waals surface area contributed by atoms with E-state index in [9.17, 15) is 15.3 Å². The molecular weight excluding hydrogens is 424 g/mol. The fraction of sp³-hybridized carbons (Fsp3) is 0.478. The van der Waals surface area contributed by atoms with Crippen LogP contribution < -0.4 is 4.74 Å². The summed E-state index contributed by atoms with van der Waals surface area (Å²) in [5.41, 5.74) is 2.42. The van der Waals surface area contributed by atoms with Gasteiger partial charge in [0.15, 0.2) is 0 Å². The molecule has 3 N–H and O–H groups in total. The van der Waals surface area contributed by atoms with Crippen molar-refractivity contribution in [2.75, 3.05) is 19.8 Å². The van der Waals surface area contributed by atoms with Crippen LogP contribution in [0.5, 0.6) is 5.75 Å². The standard InChI is InChI=1S/C23H25ClO7/c24-18-6-3-15(23-22(27)20(26)21(31-23)19(25)12-29-23)10-14(18)9-13-1-4-16(5-2-13)30-17-7-8-28-11-17/h1-6,10,17,19-22,25-27H,7-9,11-12H2/t17-,19+,20-,21+,22+,23?/m0/s1. The first-order chi connectivity index (χ1) is 15.0. The minimum Gasteiger partial charge on any atom is -0.488 e. The SMILES string of the molecule is O[C@H]1[C@@H]2OC(c3ccc(Cl)c(Cc4ccc(O[C@H]5CCOC5)cc4)c3)(OC[C@H]2O)[C@@H]1O. The monoisotopic (exact) mass is 448 g/mol. The van der Waals surface area contributed by atoms with E-state index in [2.05, 4.69) is 0 Å². The molecule has 2 aromatic carbocycles. The molecule has 0 spiro atoms. The van der Waals surface area contributed by atoms with E-state index in [0.717, 1.165) is 29.9 Å². The minimum absolute atomic E-state index is 0.0375. The largest absolute Gasteiger partial charge is 0.488 e. The molecule has 0 radical (unpaired) electrons. The lowest BCUT2D eigenvalue weighted by molar-refractivity contribution is -0.316. The molecule has 7 nitrogen and oxygen atoms in total. The molecule has 3 fully saturated rings. The molecule has 1 unspecified atom stereocenters. The summed E-state index contributed by atoms with van der Waals surface area (Å²) in [4.78, 5) is 0. The molecule has 6 atom stereocenters. The van der Waals surface area contributed by atoms with Crippen LogP contribution in [-0.2, 0) is 26.4 Å². The molecule has 31 heavy (non-hydrogen) atoms. The Morgan fingerprint density at radius 1 is 1.06 bits per heavy atom. The van der Waals surface area contributed by atoms with Crippen molar-refractivity contribution in [3.05, 3.63) is 64.2 Å². The third-order valence-electron chi connectivity index (χ3n) is 6.17. The number of ether oxygens (including phenoxy) is 4. The first kappa shape index (κ1) is 21.2. The van der Waals surface area contributed by atoms with Gasteiger partial charge in [-0.15, -0.1) is 0 Å². The van der Waals surface area contributed by atoms with Crippen LogP contribution in [0.3, 0.4) is 0 Å². The number of hydrogen-bond donors (Lipinski definition) is 3. The van der Waals surface area contributed by atoms with Gasteiger partial charge in [0, 0.05) is 17.0 Å². The van der Waals surface area contributed by atoms with E-state index >= 15 is 0 Å². The van der Waals surface area contributed by atoms with Crippen molar-refractivity contribution in [1.82, 2.24) is 0 Å². The zero-order valence-corrected chi connectivity index (χ0v) is 17.6. The van der Waals surface area contributed by atoms with Crippen molar-refractivity contribution in [2.45, 2.75) is 49.1 Å². The van der Waals surface area contributed by atoms with E-state index in [4.69, 9.17) is 30.5 Å². The van der Waals surface area contributed by atoms with E-state index in [0.29, 0.717) is 23.6 Å². The third kappa shape index (κ3) is 3.85. The second kappa shape index (κ2) is 8.33. The summed E-state index contributed by atoms with van der Waals surface area (Å²) >= 11 is 6.44. The van der Waals surface area contributed by atoms with Crippen molar-refractivity contribution in [3.63, 3.8) is 0 Å². The van der Waals surface area contributed by atoms with Crippen LogP contribution >= 0.6 is 11.6 Å². The van der Waals surface area contributed by atoms with E-state index < -0.39 is 30.2 Å². The summed E-state index contributed by atoms with van der Waals surface area (Å²) in [7, 11) is 0. The molecule has 2 bridgehead atoms. The Morgan fingerprint density at radius 2 is 1.87 bits per heavy atom. The van der Waals surface area contributed by atoms with Gasteiger partial charge in [0.05, 0.1) is 19.8 Å². The Morgan fingerprint density at radius 3 is 2.61 bits per heavy atom. The topological polar surface area (TPSA) is 97.6 Å². The smallest absolute Gasteiger partial charge is 0.225 e. The molecule has 3 aliphatic heterocycles. The molecule has 0 aromatic heterocycles. The number of aliphatic hydroxyl groups excluding tert-OH is 3. The van der Waals surface area contributed by atoms with Gasteiger partial charge in [-0.3, -0.25) is 0 Å². The fourth-order valence-corrected chi connectivity index (χ4v) is 4.61. The van der Waals surface area contributed by atoms with Crippen LogP contribution in [0.25, 0.3) is 0 Å². The Balaban J connectivity index is 1.36. The summed E-state index contributed by atoms with van der Waals surface area (Å²) in [5, 5.41) is 31.5. The lowest BCUT2D eigenvalue weighted by Crippen LogP contribution is -2.46. The second-order valence-electron chi connectivity index (χ2n) is 8.29. The highest BCUT2D eigenvalue weighted by molar-refractivity contribution is 6.31. The van der Waals surface area contributed by atoms with Crippen molar-refractivity contribution in [2.24, 2.45) is 0 Å². The Hall–Kier alpha value is -1.71. The van der Waals surface area contributed by atoms with Crippen molar-refractivity contribution < 1.29 is 34.3 Å². The van der Waals surface area contributed by atoms with Gasteiger partial charge < -0.3 is 34.3 Å². The summed E-state index contributed by atoms with van der Waals surface area (Å²) in [5.74, 6) is -0.723. The number of benzene rings is 2.